The number of hydrogen-bond donors (Lipinski definition) is 1. The van der Waals surface area contributed by atoms with Gasteiger partial charge in [-0.1, -0.05) is 48.9 Å². The number of nitrogens with zero attached hydrogens (tertiary/aromatic N) is 3. The van der Waals surface area contributed by atoms with Crippen LogP contribution in [0.2, 0.25) is 0 Å². The summed E-state index contributed by atoms with van der Waals surface area (Å²) in [5.41, 5.74) is 4.06. The first-order valence-corrected chi connectivity index (χ1v) is 10.6. The van der Waals surface area contributed by atoms with Crippen molar-refractivity contribution in [2.24, 2.45) is 0 Å². The van der Waals surface area contributed by atoms with Crippen molar-refractivity contribution in [2.75, 3.05) is 13.1 Å². The van der Waals surface area contributed by atoms with Gasteiger partial charge < -0.3 is 4.90 Å². The van der Waals surface area contributed by atoms with E-state index in [0.717, 1.165) is 36.2 Å². The van der Waals surface area contributed by atoms with E-state index in [1.54, 1.807) is 4.57 Å². The first-order chi connectivity index (χ1) is 14.5. The van der Waals surface area contributed by atoms with Crippen LogP contribution < -0.4 is 5.69 Å². The molecule has 1 aromatic heterocycles. The molecule has 2 heterocycles. The molecule has 4 rings (SSSR count). The summed E-state index contributed by atoms with van der Waals surface area (Å²) >= 11 is 0. The zero-order valence-corrected chi connectivity index (χ0v) is 17.6. The lowest BCUT2D eigenvalue weighted by molar-refractivity contribution is 0.0710. The zero-order valence-electron chi connectivity index (χ0n) is 17.6. The Balaban J connectivity index is 1.43. The zero-order chi connectivity index (χ0) is 21.1. The van der Waals surface area contributed by atoms with Crippen LogP contribution in [0.3, 0.4) is 0 Å². The predicted octanol–water partition coefficient (Wildman–Crippen LogP) is 3.51. The van der Waals surface area contributed by atoms with Gasteiger partial charge in [-0.25, -0.2) is 9.89 Å². The van der Waals surface area contributed by atoms with Gasteiger partial charge in [0.05, 0.1) is 6.54 Å². The normalized spacial score (nSPS) is 14.8. The highest BCUT2D eigenvalue weighted by molar-refractivity contribution is 5.94. The van der Waals surface area contributed by atoms with Crippen LogP contribution >= 0.6 is 0 Å². The molecule has 1 aliphatic heterocycles. The van der Waals surface area contributed by atoms with E-state index in [1.807, 2.05) is 48.2 Å². The standard InChI is InChI=1S/C24H28N4O2/c1-3-18-8-10-21(11-9-18)23(29)27-14-12-20(13-15-27)22-25-26-24(30)28(22)16-19-6-4-17(2)5-7-19/h4-11,20H,3,12-16H2,1-2H3,(H,26,30). The van der Waals surface area contributed by atoms with E-state index in [0.29, 0.717) is 19.6 Å². The molecule has 0 aliphatic carbocycles. The van der Waals surface area contributed by atoms with Crippen LogP contribution in [-0.4, -0.2) is 38.7 Å². The van der Waals surface area contributed by atoms with Crippen molar-refractivity contribution in [3.63, 3.8) is 0 Å². The minimum Gasteiger partial charge on any atom is -0.339 e. The Morgan fingerprint density at radius 1 is 1.03 bits per heavy atom. The Morgan fingerprint density at radius 2 is 1.67 bits per heavy atom. The van der Waals surface area contributed by atoms with E-state index in [2.05, 4.69) is 29.3 Å². The fraction of sp³-hybridized carbons (Fsp3) is 0.375. The molecule has 0 saturated carbocycles. The number of benzene rings is 2. The summed E-state index contributed by atoms with van der Waals surface area (Å²) in [5, 5.41) is 6.94. The number of rotatable bonds is 5. The minimum atomic E-state index is -0.180. The maximum Gasteiger partial charge on any atom is 0.343 e. The molecule has 0 spiro atoms. The molecule has 156 valence electrons. The van der Waals surface area contributed by atoms with Crippen molar-refractivity contribution >= 4 is 5.91 Å². The quantitative estimate of drug-likeness (QED) is 0.707. The average Bonchev–Trinajstić information content (AvgIpc) is 3.15. The van der Waals surface area contributed by atoms with Crippen molar-refractivity contribution in [1.29, 1.82) is 0 Å². The summed E-state index contributed by atoms with van der Waals surface area (Å²) in [6.45, 7) is 6.00. The van der Waals surface area contributed by atoms with Gasteiger partial charge in [-0.15, -0.1) is 0 Å². The molecule has 1 amide bonds. The molecule has 30 heavy (non-hydrogen) atoms. The highest BCUT2D eigenvalue weighted by atomic mass is 16.2. The molecule has 0 unspecified atom stereocenters. The summed E-state index contributed by atoms with van der Waals surface area (Å²) in [5.74, 6) is 1.04. The van der Waals surface area contributed by atoms with E-state index >= 15 is 0 Å². The van der Waals surface area contributed by atoms with Crippen molar-refractivity contribution < 1.29 is 4.79 Å². The van der Waals surface area contributed by atoms with Gasteiger partial charge in [-0.2, -0.15) is 5.10 Å². The molecule has 1 N–H and O–H groups in total. The van der Waals surface area contributed by atoms with Gasteiger partial charge in [0.1, 0.15) is 5.82 Å². The molecule has 0 atom stereocenters. The maximum atomic E-state index is 12.8. The lowest BCUT2D eigenvalue weighted by atomic mass is 9.95. The van der Waals surface area contributed by atoms with Crippen molar-refractivity contribution in [2.45, 2.75) is 45.6 Å². The molecule has 0 bridgehead atoms. The van der Waals surface area contributed by atoms with Crippen LogP contribution in [0.25, 0.3) is 0 Å². The Kier molecular flexibility index (Phi) is 5.84. The highest BCUT2D eigenvalue weighted by Gasteiger charge is 2.28. The third-order valence-corrected chi connectivity index (χ3v) is 6.01. The van der Waals surface area contributed by atoms with Crippen LogP contribution in [0, 0.1) is 6.92 Å². The van der Waals surface area contributed by atoms with Crippen LogP contribution in [0.4, 0.5) is 0 Å². The molecule has 0 radical (unpaired) electrons. The molecule has 2 aromatic carbocycles. The Bertz CT molecular complexity index is 1060. The van der Waals surface area contributed by atoms with Crippen molar-refractivity contribution in [3.05, 3.63) is 87.1 Å². The van der Waals surface area contributed by atoms with Crippen LogP contribution in [0.1, 0.15) is 58.6 Å². The van der Waals surface area contributed by atoms with Crippen molar-refractivity contribution in [3.8, 4) is 0 Å². The molecular formula is C24H28N4O2. The number of aryl methyl sites for hydroxylation is 2. The molecule has 6 nitrogen and oxygen atoms in total. The summed E-state index contributed by atoms with van der Waals surface area (Å²) in [6, 6.07) is 16.1. The topological polar surface area (TPSA) is 71.0 Å². The van der Waals surface area contributed by atoms with Gasteiger partial charge in [0.25, 0.3) is 5.91 Å². The van der Waals surface area contributed by atoms with Gasteiger partial charge in [0, 0.05) is 24.6 Å². The number of aromatic nitrogens is 3. The number of amides is 1. The van der Waals surface area contributed by atoms with Gasteiger partial charge >= 0.3 is 5.69 Å². The minimum absolute atomic E-state index is 0.0789. The van der Waals surface area contributed by atoms with Crippen LogP contribution in [0.5, 0.6) is 0 Å². The fourth-order valence-corrected chi connectivity index (χ4v) is 4.08. The van der Waals surface area contributed by atoms with Gasteiger partial charge in [0.2, 0.25) is 0 Å². The van der Waals surface area contributed by atoms with Crippen LogP contribution in [0.15, 0.2) is 53.3 Å². The third-order valence-electron chi connectivity index (χ3n) is 6.01. The number of piperidine rings is 1. The van der Waals surface area contributed by atoms with Crippen molar-refractivity contribution in [1.82, 2.24) is 19.7 Å². The van der Waals surface area contributed by atoms with E-state index in [1.165, 1.54) is 11.1 Å². The lowest BCUT2D eigenvalue weighted by Gasteiger charge is -2.31. The number of H-pyrrole nitrogens is 1. The van der Waals surface area contributed by atoms with E-state index in [9.17, 15) is 9.59 Å². The predicted molar refractivity (Wildman–Crippen MR) is 117 cm³/mol. The van der Waals surface area contributed by atoms with Gasteiger partial charge in [-0.3, -0.25) is 9.36 Å². The number of hydrogen-bond acceptors (Lipinski definition) is 3. The number of nitrogens with one attached hydrogen (secondary N) is 1. The fourth-order valence-electron chi connectivity index (χ4n) is 4.08. The van der Waals surface area contributed by atoms with Crippen LogP contribution in [-0.2, 0) is 13.0 Å². The monoisotopic (exact) mass is 404 g/mol. The Hall–Kier alpha value is -3.15. The summed E-state index contributed by atoms with van der Waals surface area (Å²) < 4.78 is 1.73. The smallest absolute Gasteiger partial charge is 0.339 e. The molecule has 1 saturated heterocycles. The SMILES string of the molecule is CCc1ccc(C(=O)N2CCC(c3n[nH]c(=O)n3Cc3ccc(C)cc3)CC2)cc1. The van der Waals surface area contributed by atoms with E-state index in [-0.39, 0.29) is 17.5 Å². The highest BCUT2D eigenvalue weighted by Crippen LogP contribution is 2.27. The molecule has 3 aromatic rings. The second-order valence-corrected chi connectivity index (χ2v) is 8.08. The lowest BCUT2D eigenvalue weighted by Crippen LogP contribution is -2.38. The molecule has 6 heteroatoms. The number of carbonyl (C=O) groups excluding carboxylic acids is 1. The second kappa shape index (κ2) is 8.69. The second-order valence-electron chi connectivity index (χ2n) is 8.08. The average molecular weight is 405 g/mol. The van der Waals surface area contributed by atoms with Gasteiger partial charge in [0.15, 0.2) is 0 Å². The Labute approximate surface area is 176 Å². The first kappa shape index (κ1) is 20.1. The van der Waals surface area contributed by atoms with E-state index < -0.39 is 0 Å². The molecular weight excluding hydrogens is 376 g/mol. The Morgan fingerprint density at radius 3 is 2.30 bits per heavy atom. The first-order valence-electron chi connectivity index (χ1n) is 10.6. The summed E-state index contributed by atoms with van der Waals surface area (Å²) in [4.78, 5) is 27.1. The van der Waals surface area contributed by atoms with E-state index in [4.69, 9.17) is 0 Å². The number of aromatic amines is 1. The number of likely N-dealkylation sites (tertiary alicyclic amines) is 1. The molecule has 1 fully saturated rings. The third kappa shape index (κ3) is 4.22. The molecule has 1 aliphatic rings. The maximum absolute atomic E-state index is 12.8. The summed E-state index contributed by atoms with van der Waals surface area (Å²) in [6.07, 6.45) is 2.57. The van der Waals surface area contributed by atoms with Gasteiger partial charge in [-0.05, 0) is 49.4 Å². The number of carbonyl (C=O) groups is 1. The largest absolute Gasteiger partial charge is 0.343 e. The summed E-state index contributed by atoms with van der Waals surface area (Å²) in [7, 11) is 0.